The van der Waals surface area contributed by atoms with Crippen molar-refractivity contribution in [3.05, 3.63) is 65.9 Å². The van der Waals surface area contributed by atoms with Crippen LogP contribution in [0.4, 0.5) is 30.6 Å². The number of nitrogens with two attached hydrogens (primary N) is 1. The Hall–Kier alpha value is -3.03. The molecule has 10 nitrogen and oxygen atoms in total. The van der Waals surface area contributed by atoms with Crippen molar-refractivity contribution in [1.82, 2.24) is 9.97 Å². The van der Waals surface area contributed by atoms with Crippen LogP contribution >= 0.6 is 7.60 Å². The molecule has 3 aromatic rings. The normalized spacial score (nSPS) is 12.4. The average Bonchev–Trinajstić information content (AvgIpc) is 2.83. The monoisotopic (exact) mass is 545 g/mol. The Balaban J connectivity index is 1.75. The molecule has 0 aliphatic heterocycles. The fourth-order valence-electron chi connectivity index (χ4n) is 3.10. The smallest absolute Gasteiger partial charge is 0.369 e. The average molecular weight is 545 g/mol. The zero-order chi connectivity index (χ0) is 26.6. The number of alkyl halides is 3. The van der Waals surface area contributed by atoms with E-state index < -0.39 is 35.2 Å². The first-order chi connectivity index (χ1) is 16.9. The molecule has 15 heteroatoms. The number of hydrogen-bond acceptors (Lipinski definition) is 9. The molecular formula is C21H23F3N5O5PS. The third-order valence-corrected chi connectivity index (χ3v) is 7.79. The van der Waals surface area contributed by atoms with Gasteiger partial charge in [0.2, 0.25) is 16.0 Å². The molecule has 0 saturated carbocycles. The van der Waals surface area contributed by atoms with E-state index in [0.29, 0.717) is 22.8 Å². The van der Waals surface area contributed by atoms with Gasteiger partial charge in [-0.3, -0.25) is 4.57 Å². The van der Waals surface area contributed by atoms with E-state index in [0.717, 1.165) is 0 Å². The standard InChI is InChI=1S/C21H23F3N5O5PS/c1-33-35(30,34-2)16-7-5-15(6-8-16)28-20-27-13-18(21(22,23)24)19(29-20)26-12-11-14-3-9-17(10-4-14)36(25,31)32/h3-10,13H,11-12H2,1-2H3,(H2,25,31,32)(H2,26,27,28,29). The van der Waals surface area contributed by atoms with E-state index in [1.54, 1.807) is 0 Å². The Bertz CT molecular complexity index is 1350. The van der Waals surface area contributed by atoms with Crippen molar-refractivity contribution in [2.45, 2.75) is 17.5 Å². The van der Waals surface area contributed by atoms with E-state index in [1.165, 1.54) is 62.8 Å². The summed E-state index contributed by atoms with van der Waals surface area (Å²) in [4.78, 5) is 7.65. The van der Waals surface area contributed by atoms with Crippen molar-refractivity contribution in [3.63, 3.8) is 0 Å². The second kappa shape index (κ2) is 10.9. The van der Waals surface area contributed by atoms with Gasteiger partial charge in [0.1, 0.15) is 11.4 Å². The Morgan fingerprint density at radius 1 is 1.03 bits per heavy atom. The highest BCUT2D eigenvalue weighted by Crippen LogP contribution is 2.45. The topological polar surface area (TPSA) is 146 Å². The molecule has 1 heterocycles. The Labute approximate surface area is 205 Å². The number of sulfonamides is 1. The van der Waals surface area contributed by atoms with Gasteiger partial charge in [-0.25, -0.2) is 18.5 Å². The highest BCUT2D eigenvalue weighted by Gasteiger charge is 2.35. The summed E-state index contributed by atoms with van der Waals surface area (Å²) in [5.74, 6) is -0.529. The first-order valence-corrected chi connectivity index (χ1v) is 13.3. The molecule has 0 amide bonds. The molecule has 36 heavy (non-hydrogen) atoms. The lowest BCUT2D eigenvalue weighted by molar-refractivity contribution is -0.137. The summed E-state index contributed by atoms with van der Waals surface area (Å²) in [5, 5.41) is 10.8. The molecule has 0 aliphatic carbocycles. The lowest BCUT2D eigenvalue weighted by atomic mass is 10.1. The molecular weight excluding hydrogens is 522 g/mol. The number of hydrogen-bond donors (Lipinski definition) is 3. The van der Waals surface area contributed by atoms with Gasteiger partial charge in [-0.05, 0) is 48.4 Å². The van der Waals surface area contributed by atoms with Crippen LogP contribution in [0, 0.1) is 0 Å². The van der Waals surface area contributed by atoms with Crippen molar-refractivity contribution < 1.29 is 35.2 Å². The first kappa shape index (κ1) is 27.6. The molecule has 0 unspecified atom stereocenters. The van der Waals surface area contributed by atoms with Crippen molar-refractivity contribution >= 4 is 40.4 Å². The van der Waals surface area contributed by atoms with Crippen molar-refractivity contribution in [2.24, 2.45) is 5.14 Å². The van der Waals surface area contributed by atoms with Gasteiger partial charge in [-0.15, -0.1) is 0 Å². The molecule has 3 rings (SSSR count). The maximum absolute atomic E-state index is 13.5. The van der Waals surface area contributed by atoms with Crippen molar-refractivity contribution in [2.75, 3.05) is 31.4 Å². The zero-order valence-corrected chi connectivity index (χ0v) is 20.8. The second-order valence-corrected chi connectivity index (χ2v) is 11.2. The number of rotatable bonds is 10. The molecule has 4 N–H and O–H groups in total. The predicted molar refractivity (Wildman–Crippen MR) is 128 cm³/mol. The fraction of sp³-hybridized carbons (Fsp3) is 0.238. The largest absolute Gasteiger partial charge is 0.421 e. The van der Waals surface area contributed by atoms with E-state index in [9.17, 15) is 26.2 Å². The Morgan fingerprint density at radius 2 is 1.64 bits per heavy atom. The summed E-state index contributed by atoms with van der Waals surface area (Å²) < 4.78 is 85.4. The maximum Gasteiger partial charge on any atom is 0.421 e. The molecule has 0 radical (unpaired) electrons. The van der Waals surface area contributed by atoms with Gasteiger partial charge < -0.3 is 19.7 Å². The lowest BCUT2D eigenvalue weighted by Gasteiger charge is -2.16. The zero-order valence-electron chi connectivity index (χ0n) is 19.1. The van der Waals surface area contributed by atoms with Gasteiger partial charge >= 0.3 is 13.8 Å². The van der Waals surface area contributed by atoms with Gasteiger partial charge in [-0.1, -0.05) is 12.1 Å². The third-order valence-electron chi connectivity index (χ3n) is 4.97. The molecule has 0 fully saturated rings. The summed E-state index contributed by atoms with van der Waals surface area (Å²) in [6.45, 7) is 0.0757. The number of halogens is 3. The van der Waals surface area contributed by atoms with E-state index >= 15 is 0 Å². The van der Waals surface area contributed by atoms with Crippen molar-refractivity contribution in [1.29, 1.82) is 0 Å². The fourth-order valence-corrected chi connectivity index (χ4v) is 4.70. The number of primary sulfonamides is 1. The number of nitrogens with one attached hydrogen (secondary N) is 2. The predicted octanol–water partition coefficient (Wildman–Crippen LogP) is 3.65. The van der Waals surface area contributed by atoms with E-state index in [2.05, 4.69) is 20.6 Å². The Kier molecular flexibility index (Phi) is 8.37. The van der Waals surface area contributed by atoms with Crippen LogP contribution in [0.2, 0.25) is 0 Å². The summed E-state index contributed by atoms with van der Waals surface area (Å²) in [6.07, 6.45) is -3.74. The van der Waals surface area contributed by atoms with Crippen LogP contribution in [0.15, 0.2) is 59.6 Å². The van der Waals surface area contributed by atoms with Crippen LogP contribution in [0.1, 0.15) is 11.1 Å². The number of anilines is 3. The molecule has 0 saturated heterocycles. The minimum absolute atomic E-state index is 0.0645. The Morgan fingerprint density at radius 3 is 2.17 bits per heavy atom. The summed E-state index contributed by atoms with van der Waals surface area (Å²) in [6, 6.07) is 11.7. The van der Waals surface area contributed by atoms with Crippen LogP contribution in [0.25, 0.3) is 0 Å². The number of benzene rings is 2. The second-order valence-electron chi connectivity index (χ2n) is 7.35. The van der Waals surface area contributed by atoms with Gasteiger partial charge in [0.25, 0.3) is 0 Å². The third kappa shape index (κ3) is 6.80. The quantitative estimate of drug-likeness (QED) is 0.325. The molecule has 0 atom stereocenters. The van der Waals surface area contributed by atoms with E-state index in [-0.39, 0.29) is 23.8 Å². The minimum atomic E-state index is -4.69. The van der Waals surface area contributed by atoms with Gasteiger partial charge in [0.15, 0.2) is 0 Å². The molecule has 0 spiro atoms. The molecule has 0 aliphatic rings. The highest BCUT2D eigenvalue weighted by atomic mass is 32.2. The van der Waals surface area contributed by atoms with Crippen LogP contribution in [-0.4, -0.2) is 39.2 Å². The summed E-state index contributed by atoms with van der Waals surface area (Å²) in [7, 11) is -4.79. The molecule has 194 valence electrons. The lowest BCUT2D eigenvalue weighted by Crippen LogP contribution is -2.16. The van der Waals surface area contributed by atoms with E-state index in [1.807, 2.05) is 0 Å². The number of nitrogens with zero attached hydrogens (tertiary/aromatic N) is 2. The minimum Gasteiger partial charge on any atom is -0.369 e. The number of aromatic nitrogens is 2. The van der Waals surface area contributed by atoms with E-state index in [4.69, 9.17) is 14.2 Å². The maximum atomic E-state index is 13.5. The molecule has 0 bridgehead atoms. The van der Waals surface area contributed by atoms with Gasteiger partial charge in [0.05, 0.1) is 10.2 Å². The highest BCUT2D eigenvalue weighted by molar-refractivity contribution is 7.89. The summed E-state index contributed by atoms with van der Waals surface area (Å²) in [5.41, 5.74) is 0.0626. The molecule has 2 aromatic carbocycles. The van der Waals surface area contributed by atoms with Crippen LogP contribution in [0.3, 0.4) is 0 Å². The SMILES string of the molecule is COP(=O)(OC)c1ccc(Nc2ncc(C(F)(F)F)c(NCCc3ccc(S(N)(=O)=O)cc3)n2)cc1. The van der Waals surface area contributed by atoms with Crippen LogP contribution in [0.5, 0.6) is 0 Å². The van der Waals surface area contributed by atoms with Crippen LogP contribution < -0.4 is 21.1 Å². The van der Waals surface area contributed by atoms with Crippen LogP contribution in [-0.2, 0) is 36.2 Å². The summed E-state index contributed by atoms with van der Waals surface area (Å²) >= 11 is 0. The first-order valence-electron chi connectivity index (χ1n) is 10.2. The van der Waals surface area contributed by atoms with Gasteiger partial charge in [-0.2, -0.15) is 18.2 Å². The molecule has 1 aromatic heterocycles. The van der Waals surface area contributed by atoms with Crippen molar-refractivity contribution in [3.8, 4) is 0 Å². The van der Waals surface area contributed by atoms with Gasteiger partial charge in [0, 0.05) is 32.6 Å².